The van der Waals surface area contributed by atoms with E-state index in [4.69, 9.17) is 4.52 Å². The molecule has 29 heavy (non-hydrogen) atoms. The number of aromatic nitrogens is 1. The summed E-state index contributed by atoms with van der Waals surface area (Å²) in [5, 5.41) is 5.95. The van der Waals surface area contributed by atoms with E-state index in [2.05, 4.69) is 15.2 Å². The predicted molar refractivity (Wildman–Crippen MR) is 102 cm³/mol. The van der Waals surface area contributed by atoms with Crippen LogP contribution >= 0.6 is 0 Å². The minimum Gasteiger partial charge on any atom is -0.360 e. The SMILES string of the molecule is Cc1cc(NC(=O)CNS(=O)(=O)c2ccc(N3C(=O)CCS3(=O)=O)cc2C)no1. The van der Waals surface area contributed by atoms with Crippen molar-refractivity contribution in [2.45, 2.75) is 25.2 Å². The van der Waals surface area contributed by atoms with Crippen molar-refractivity contribution in [2.24, 2.45) is 0 Å². The molecular formula is C16H18N4O7S2. The van der Waals surface area contributed by atoms with Crippen molar-refractivity contribution in [2.75, 3.05) is 21.9 Å². The fourth-order valence-electron chi connectivity index (χ4n) is 2.78. The molecule has 13 heteroatoms. The van der Waals surface area contributed by atoms with Crippen molar-refractivity contribution in [1.82, 2.24) is 9.88 Å². The zero-order valence-corrected chi connectivity index (χ0v) is 17.1. The third kappa shape index (κ3) is 4.46. The first-order valence-electron chi connectivity index (χ1n) is 8.39. The number of sulfonamides is 2. The highest BCUT2D eigenvalue weighted by atomic mass is 32.2. The number of aryl methyl sites for hydroxylation is 2. The predicted octanol–water partition coefficient (Wildman–Crippen LogP) is 0.275. The van der Waals surface area contributed by atoms with Crippen molar-refractivity contribution >= 4 is 43.4 Å². The normalized spacial score (nSPS) is 16.2. The quantitative estimate of drug-likeness (QED) is 0.646. The van der Waals surface area contributed by atoms with Gasteiger partial charge in [0.25, 0.3) is 0 Å². The molecule has 2 heterocycles. The Bertz CT molecular complexity index is 1190. The minimum atomic E-state index is -4.06. The highest BCUT2D eigenvalue weighted by Gasteiger charge is 2.36. The fourth-order valence-corrected chi connectivity index (χ4v) is 5.44. The number of rotatable bonds is 6. The Kier molecular flexibility index (Phi) is 5.47. The van der Waals surface area contributed by atoms with Gasteiger partial charge in [-0.25, -0.2) is 25.9 Å². The highest BCUT2D eigenvalue weighted by Crippen LogP contribution is 2.28. The van der Waals surface area contributed by atoms with Crippen molar-refractivity contribution in [3.05, 3.63) is 35.6 Å². The van der Waals surface area contributed by atoms with Crippen LogP contribution in [0, 0.1) is 13.8 Å². The molecule has 1 aromatic heterocycles. The van der Waals surface area contributed by atoms with Gasteiger partial charge in [0, 0.05) is 12.5 Å². The smallest absolute Gasteiger partial charge is 0.242 e. The van der Waals surface area contributed by atoms with Gasteiger partial charge in [-0.2, -0.15) is 0 Å². The van der Waals surface area contributed by atoms with Crippen LogP contribution in [0.2, 0.25) is 0 Å². The number of hydrogen-bond donors (Lipinski definition) is 2. The van der Waals surface area contributed by atoms with E-state index in [9.17, 15) is 26.4 Å². The lowest BCUT2D eigenvalue weighted by atomic mass is 10.2. The molecule has 2 aromatic rings. The molecule has 1 aliphatic heterocycles. The number of carbonyl (C=O) groups is 2. The molecule has 1 saturated heterocycles. The summed E-state index contributed by atoms with van der Waals surface area (Å²) in [5.74, 6) is -0.867. The molecule has 0 spiro atoms. The summed E-state index contributed by atoms with van der Waals surface area (Å²) in [4.78, 5) is 23.6. The summed E-state index contributed by atoms with van der Waals surface area (Å²) in [6.45, 7) is 2.55. The number of amides is 2. The number of nitrogens with one attached hydrogen (secondary N) is 2. The molecule has 0 unspecified atom stereocenters. The lowest BCUT2D eigenvalue weighted by Crippen LogP contribution is -2.33. The maximum Gasteiger partial charge on any atom is 0.242 e. The van der Waals surface area contributed by atoms with E-state index in [0.29, 0.717) is 10.1 Å². The van der Waals surface area contributed by atoms with Crippen LogP contribution in [-0.2, 0) is 29.6 Å². The number of hydrogen-bond acceptors (Lipinski definition) is 8. The molecular weight excluding hydrogens is 424 g/mol. The van der Waals surface area contributed by atoms with E-state index < -0.39 is 38.4 Å². The zero-order valence-electron chi connectivity index (χ0n) is 15.5. The second-order valence-corrected chi connectivity index (χ2v) is 10.0. The highest BCUT2D eigenvalue weighted by molar-refractivity contribution is 7.94. The number of anilines is 2. The van der Waals surface area contributed by atoms with Crippen LogP contribution in [-0.4, -0.2) is 46.1 Å². The van der Waals surface area contributed by atoms with Crippen LogP contribution in [0.3, 0.4) is 0 Å². The van der Waals surface area contributed by atoms with Crippen LogP contribution in [0.4, 0.5) is 11.5 Å². The first-order valence-corrected chi connectivity index (χ1v) is 11.5. The topological polar surface area (TPSA) is 156 Å². The van der Waals surface area contributed by atoms with Gasteiger partial charge in [-0.05, 0) is 37.6 Å². The molecule has 1 aliphatic rings. The maximum absolute atomic E-state index is 12.5. The van der Waals surface area contributed by atoms with Gasteiger partial charge in [0.15, 0.2) is 5.82 Å². The van der Waals surface area contributed by atoms with Crippen LogP contribution in [0.5, 0.6) is 0 Å². The summed E-state index contributed by atoms with van der Waals surface area (Å²) in [7, 11) is -7.81. The maximum atomic E-state index is 12.5. The Morgan fingerprint density at radius 1 is 1.28 bits per heavy atom. The second kappa shape index (κ2) is 7.57. The van der Waals surface area contributed by atoms with E-state index >= 15 is 0 Å². The van der Waals surface area contributed by atoms with Gasteiger partial charge in [-0.1, -0.05) is 5.16 Å². The second-order valence-electron chi connectivity index (χ2n) is 6.37. The van der Waals surface area contributed by atoms with Crippen LogP contribution in [0.25, 0.3) is 0 Å². The van der Waals surface area contributed by atoms with Crippen molar-refractivity contribution in [1.29, 1.82) is 0 Å². The Labute approximate surface area is 167 Å². The molecule has 1 fully saturated rings. The molecule has 11 nitrogen and oxygen atoms in total. The molecule has 156 valence electrons. The number of nitrogens with zero attached hydrogens (tertiary/aromatic N) is 2. The number of benzene rings is 1. The lowest BCUT2D eigenvalue weighted by molar-refractivity contribution is -0.116. The molecule has 3 rings (SSSR count). The van der Waals surface area contributed by atoms with E-state index in [1.54, 1.807) is 6.92 Å². The van der Waals surface area contributed by atoms with Crippen molar-refractivity contribution in [3.8, 4) is 0 Å². The first-order chi connectivity index (χ1) is 13.5. The van der Waals surface area contributed by atoms with Gasteiger partial charge < -0.3 is 9.84 Å². The van der Waals surface area contributed by atoms with Crippen LogP contribution in [0.15, 0.2) is 33.7 Å². The third-order valence-corrected chi connectivity index (χ3v) is 7.33. The summed E-state index contributed by atoms with van der Waals surface area (Å²) >= 11 is 0. The standard InChI is InChI=1S/C16H18N4O7S2/c1-10-7-12(20-16(22)5-6-28(20,23)24)3-4-13(10)29(25,26)17-9-15(21)18-14-8-11(2)27-19-14/h3-4,7-8,17H,5-6,9H2,1-2H3,(H,18,19,21). The Morgan fingerprint density at radius 3 is 2.55 bits per heavy atom. The Hall–Kier alpha value is -2.77. The molecule has 0 aliphatic carbocycles. The first kappa shape index (κ1) is 21.0. The van der Waals surface area contributed by atoms with Crippen molar-refractivity contribution < 1.29 is 30.9 Å². The summed E-state index contributed by atoms with van der Waals surface area (Å²) in [6.07, 6.45) is -0.122. The van der Waals surface area contributed by atoms with Crippen LogP contribution in [0.1, 0.15) is 17.7 Å². The van der Waals surface area contributed by atoms with Gasteiger partial charge in [0.05, 0.1) is 22.9 Å². The van der Waals surface area contributed by atoms with Gasteiger partial charge in [0.1, 0.15) is 5.76 Å². The molecule has 0 atom stereocenters. The van der Waals surface area contributed by atoms with E-state index in [1.807, 2.05) is 0 Å². The van der Waals surface area contributed by atoms with E-state index in [0.717, 1.165) is 0 Å². The van der Waals surface area contributed by atoms with Gasteiger partial charge in [-0.3, -0.25) is 9.59 Å². The molecule has 2 N–H and O–H groups in total. The average Bonchev–Trinajstić information content (AvgIpc) is 3.14. The van der Waals surface area contributed by atoms with E-state index in [-0.39, 0.29) is 34.1 Å². The molecule has 0 radical (unpaired) electrons. The molecule has 2 amide bonds. The minimum absolute atomic E-state index is 0.0723. The number of carbonyl (C=O) groups excluding carboxylic acids is 2. The summed E-state index contributed by atoms with van der Waals surface area (Å²) in [6, 6.07) is 5.20. The summed E-state index contributed by atoms with van der Waals surface area (Å²) < 4.78 is 56.7. The molecule has 1 aromatic carbocycles. The van der Waals surface area contributed by atoms with Gasteiger partial charge in [-0.15, -0.1) is 0 Å². The largest absolute Gasteiger partial charge is 0.360 e. The molecule has 0 saturated carbocycles. The van der Waals surface area contributed by atoms with E-state index in [1.165, 1.54) is 31.2 Å². The lowest BCUT2D eigenvalue weighted by Gasteiger charge is -2.17. The zero-order chi connectivity index (χ0) is 21.4. The van der Waals surface area contributed by atoms with Gasteiger partial charge in [0.2, 0.25) is 31.9 Å². The average molecular weight is 442 g/mol. The third-order valence-electron chi connectivity index (χ3n) is 4.08. The van der Waals surface area contributed by atoms with Gasteiger partial charge >= 0.3 is 0 Å². The summed E-state index contributed by atoms with van der Waals surface area (Å²) in [5.41, 5.74) is 0.292. The Balaban J connectivity index is 1.73. The van der Waals surface area contributed by atoms with Crippen molar-refractivity contribution in [3.63, 3.8) is 0 Å². The fraction of sp³-hybridized carbons (Fsp3) is 0.312. The monoisotopic (exact) mass is 442 g/mol. The Morgan fingerprint density at radius 2 is 2.00 bits per heavy atom. The van der Waals surface area contributed by atoms with Crippen LogP contribution < -0.4 is 14.3 Å². The molecule has 0 bridgehead atoms.